The maximum Gasteiger partial charge on any atom is 0.345 e. The van der Waals surface area contributed by atoms with Gasteiger partial charge in [0.25, 0.3) is 11.6 Å². The molecule has 9 heteroatoms. The summed E-state index contributed by atoms with van der Waals surface area (Å²) in [5, 5.41) is 13.0. The van der Waals surface area contributed by atoms with Crippen molar-refractivity contribution in [2.24, 2.45) is 0 Å². The van der Waals surface area contributed by atoms with Gasteiger partial charge in [0.05, 0.1) is 4.92 Å². The van der Waals surface area contributed by atoms with Gasteiger partial charge in [-0.1, -0.05) is 12.1 Å². The highest BCUT2D eigenvalue weighted by Crippen LogP contribution is 2.18. The second-order valence-corrected chi connectivity index (χ2v) is 4.53. The van der Waals surface area contributed by atoms with Gasteiger partial charge in [-0.15, -0.1) is 0 Å². The maximum atomic E-state index is 13.0. The smallest absolute Gasteiger partial charge is 0.345 e. The van der Waals surface area contributed by atoms with E-state index in [0.717, 1.165) is 24.3 Å². The van der Waals surface area contributed by atoms with Crippen molar-refractivity contribution in [2.75, 3.05) is 11.9 Å². The molecule has 1 amide bonds. The molecule has 24 heavy (non-hydrogen) atoms. The van der Waals surface area contributed by atoms with E-state index in [1.165, 1.54) is 18.2 Å². The molecule has 124 valence electrons. The lowest BCUT2D eigenvalue weighted by Gasteiger charge is -2.07. The third-order valence-corrected chi connectivity index (χ3v) is 2.86. The lowest BCUT2D eigenvalue weighted by Crippen LogP contribution is -2.21. The van der Waals surface area contributed by atoms with Crippen molar-refractivity contribution in [3.63, 3.8) is 0 Å². The Labute approximate surface area is 134 Å². The molecule has 0 spiro atoms. The second-order valence-electron chi connectivity index (χ2n) is 4.53. The molecular weight excluding hydrogens is 326 g/mol. The van der Waals surface area contributed by atoms with Gasteiger partial charge >= 0.3 is 5.97 Å². The molecule has 0 aliphatic rings. The second kappa shape index (κ2) is 7.27. The highest BCUT2D eigenvalue weighted by molar-refractivity contribution is 5.97. The number of hydrogen-bond acceptors (Lipinski definition) is 5. The molecule has 2 rings (SSSR count). The Morgan fingerprint density at radius 3 is 2.50 bits per heavy atom. The first-order chi connectivity index (χ1) is 11.4. The number of nitrogens with zero attached hydrogens (tertiary/aromatic N) is 1. The van der Waals surface area contributed by atoms with E-state index >= 15 is 0 Å². The number of halogens is 2. The molecule has 7 nitrogen and oxygen atoms in total. The van der Waals surface area contributed by atoms with E-state index in [4.69, 9.17) is 0 Å². The Hall–Kier alpha value is -3.36. The molecular formula is C15H10F2N2O5. The SMILES string of the molecule is O=C(COC(=O)c1ccccc1[N+](=O)[O-])Nc1ccc(F)c(F)c1. The van der Waals surface area contributed by atoms with Gasteiger partial charge in [-0.3, -0.25) is 14.9 Å². The molecule has 1 N–H and O–H groups in total. The summed E-state index contributed by atoms with van der Waals surface area (Å²) < 4.78 is 30.5. The predicted molar refractivity (Wildman–Crippen MR) is 78.4 cm³/mol. The van der Waals surface area contributed by atoms with E-state index in [1.54, 1.807) is 0 Å². The third-order valence-electron chi connectivity index (χ3n) is 2.86. The van der Waals surface area contributed by atoms with Gasteiger partial charge in [0.15, 0.2) is 18.2 Å². The van der Waals surface area contributed by atoms with Gasteiger partial charge in [-0.25, -0.2) is 13.6 Å². The van der Waals surface area contributed by atoms with Crippen molar-refractivity contribution in [1.29, 1.82) is 0 Å². The zero-order valence-electron chi connectivity index (χ0n) is 12.0. The molecule has 0 bridgehead atoms. The van der Waals surface area contributed by atoms with E-state index in [1.807, 2.05) is 0 Å². The Kier molecular flexibility index (Phi) is 5.15. The van der Waals surface area contributed by atoms with Crippen molar-refractivity contribution in [3.05, 3.63) is 69.8 Å². The number of rotatable bonds is 5. The maximum absolute atomic E-state index is 13.0. The zero-order chi connectivity index (χ0) is 17.7. The van der Waals surface area contributed by atoms with Crippen LogP contribution in [0.2, 0.25) is 0 Å². The first-order valence-electron chi connectivity index (χ1n) is 6.54. The number of para-hydroxylation sites is 1. The van der Waals surface area contributed by atoms with Crippen LogP contribution in [-0.4, -0.2) is 23.4 Å². The highest BCUT2D eigenvalue weighted by Gasteiger charge is 2.21. The molecule has 0 aromatic heterocycles. The number of nitro groups is 1. The van der Waals surface area contributed by atoms with Crippen LogP contribution < -0.4 is 5.32 Å². The van der Waals surface area contributed by atoms with E-state index in [0.29, 0.717) is 0 Å². The Balaban J connectivity index is 1.97. The van der Waals surface area contributed by atoms with Gasteiger partial charge in [-0.05, 0) is 18.2 Å². The van der Waals surface area contributed by atoms with Crippen LogP contribution in [0.1, 0.15) is 10.4 Å². The molecule has 2 aromatic carbocycles. The number of carbonyl (C=O) groups is 2. The van der Waals surface area contributed by atoms with Crippen LogP contribution in [0.25, 0.3) is 0 Å². The monoisotopic (exact) mass is 336 g/mol. The molecule has 0 radical (unpaired) electrons. The highest BCUT2D eigenvalue weighted by atomic mass is 19.2. The number of hydrogen-bond donors (Lipinski definition) is 1. The molecule has 0 aliphatic heterocycles. The minimum Gasteiger partial charge on any atom is -0.452 e. The van der Waals surface area contributed by atoms with Crippen LogP contribution in [0.15, 0.2) is 42.5 Å². The van der Waals surface area contributed by atoms with Crippen LogP contribution in [0.5, 0.6) is 0 Å². The predicted octanol–water partition coefficient (Wildman–Crippen LogP) is 2.67. The minimum atomic E-state index is -1.15. The number of nitrogens with one attached hydrogen (secondary N) is 1. The first kappa shape index (κ1) is 17.0. The van der Waals surface area contributed by atoms with Gasteiger partial charge in [-0.2, -0.15) is 0 Å². The van der Waals surface area contributed by atoms with E-state index < -0.39 is 40.7 Å². The molecule has 0 aliphatic carbocycles. The number of carbonyl (C=O) groups excluding carboxylic acids is 2. The molecule has 0 fully saturated rings. The number of amides is 1. The quantitative estimate of drug-likeness (QED) is 0.514. The summed E-state index contributed by atoms with van der Waals surface area (Å²) in [6, 6.07) is 7.81. The Bertz CT molecular complexity index is 810. The normalized spacial score (nSPS) is 10.1. The summed E-state index contributed by atoms with van der Waals surface area (Å²) in [6.45, 7) is -0.746. The first-order valence-corrected chi connectivity index (χ1v) is 6.54. The Morgan fingerprint density at radius 2 is 1.83 bits per heavy atom. The van der Waals surface area contributed by atoms with Crippen LogP contribution in [-0.2, 0) is 9.53 Å². The van der Waals surface area contributed by atoms with Crippen LogP contribution >= 0.6 is 0 Å². The van der Waals surface area contributed by atoms with Gasteiger partial charge < -0.3 is 10.1 Å². The molecule has 0 saturated carbocycles. The van der Waals surface area contributed by atoms with E-state index in [2.05, 4.69) is 10.1 Å². The van der Waals surface area contributed by atoms with Crippen molar-refractivity contribution in [3.8, 4) is 0 Å². The molecule has 0 heterocycles. The molecule has 0 unspecified atom stereocenters. The number of esters is 1. The number of nitro benzene ring substituents is 1. The molecule has 0 saturated heterocycles. The largest absolute Gasteiger partial charge is 0.452 e. The lowest BCUT2D eigenvalue weighted by atomic mass is 10.2. The number of ether oxygens (including phenoxy) is 1. The van der Waals surface area contributed by atoms with Crippen molar-refractivity contribution in [2.45, 2.75) is 0 Å². The van der Waals surface area contributed by atoms with Crippen LogP contribution in [0.3, 0.4) is 0 Å². The fraction of sp³-hybridized carbons (Fsp3) is 0.0667. The standard InChI is InChI=1S/C15H10F2N2O5/c16-11-6-5-9(7-12(11)17)18-14(20)8-24-15(21)10-3-1-2-4-13(10)19(22)23/h1-7H,8H2,(H,18,20). The minimum absolute atomic E-state index is 0.0272. The van der Waals surface area contributed by atoms with Crippen LogP contribution in [0, 0.1) is 21.7 Å². The van der Waals surface area contributed by atoms with E-state index in [-0.39, 0.29) is 11.3 Å². The lowest BCUT2D eigenvalue weighted by molar-refractivity contribution is -0.385. The summed E-state index contributed by atoms with van der Waals surface area (Å²) in [7, 11) is 0. The molecule has 2 aromatic rings. The zero-order valence-corrected chi connectivity index (χ0v) is 12.0. The van der Waals surface area contributed by atoms with Gasteiger partial charge in [0.2, 0.25) is 0 Å². The summed E-state index contributed by atoms with van der Waals surface area (Å²) in [6.07, 6.45) is 0. The molecule has 0 atom stereocenters. The topological polar surface area (TPSA) is 98.5 Å². The fourth-order valence-corrected chi connectivity index (χ4v) is 1.79. The van der Waals surface area contributed by atoms with Crippen molar-refractivity contribution >= 4 is 23.3 Å². The average Bonchev–Trinajstić information content (AvgIpc) is 2.56. The Morgan fingerprint density at radius 1 is 1.12 bits per heavy atom. The van der Waals surface area contributed by atoms with Crippen LogP contribution in [0.4, 0.5) is 20.2 Å². The fourth-order valence-electron chi connectivity index (χ4n) is 1.79. The summed E-state index contributed by atoms with van der Waals surface area (Å²) in [4.78, 5) is 33.5. The number of benzene rings is 2. The van der Waals surface area contributed by atoms with Gasteiger partial charge in [0.1, 0.15) is 5.56 Å². The summed E-state index contributed by atoms with van der Waals surface area (Å²) >= 11 is 0. The third kappa shape index (κ3) is 4.09. The van der Waals surface area contributed by atoms with Gasteiger partial charge in [0, 0.05) is 17.8 Å². The van der Waals surface area contributed by atoms with E-state index in [9.17, 15) is 28.5 Å². The average molecular weight is 336 g/mol. The van der Waals surface area contributed by atoms with Crippen molar-refractivity contribution in [1.82, 2.24) is 0 Å². The summed E-state index contributed by atoms with van der Waals surface area (Å²) in [5.41, 5.74) is -0.785. The number of anilines is 1. The van der Waals surface area contributed by atoms with Crippen molar-refractivity contribution < 1.29 is 28.0 Å². The summed E-state index contributed by atoms with van der Waals surface area (Å²) in [5.74, 6) is -4.09.